The summed E-state index contributed by atoms with van der Waals surface area (Å²) in [6.45, 7) is 0. The summed E-state index contributed by atoms with van der Waals surface area (Å²) >= 11 is 3.10. The summed E-state index contributed by atoms with van der Waals surface area (Å²) in [6, 6.07) is 3.00. The smallest absolute Gasteiger partial charge is 0.336 e. The SMILES string of the molecule is O=C(O)c1ccc2ooc2c1Br. The van der Waals surface area contributed by atoms with Crippen LogP contribution in [0.1, 0.15) is 10.4 Å². The number of rotatable bonds is 1. The van der Waals surface area contributed by atoms with E-state index in [4.69, 9.17) is 5.11 Å². The Labute approximate surface area is 74.8 Å². The Kier molecular flexibility index (Phi) is 1.47. The fourth-order valence-corrected chi connectivity index (χ4v) is 1.46. The number of carboxylic acid groups (broad SMARTS) is 1. The molecule has 0 radical (unpaired) electrons. The van der Waals surface area contributed by atoms with E-state index in [0.717, 1.165) is 0 Å². The van der Waals surface area contributed by atoms with Gasteiger partial charge in [0.1, 0.15) is 0 Å². The number of carbonyl (C=O) groups is 1. The highest BCUT2D eigenvalue weighted by molar-refractivity contribution is 9.10. The molecule has 1 aromatic carbocycles. The Morgan fingerprint density at radius 2 is 2.17 bits per heavy atom. The van der Waals surface area contributed by atoms with E-state index >= 15 is 0 Å². The summed E-state index contributed by atoms with van der Waals surface area (Å²) in [5, 5.41) is 8.68. The molecule has 62 valence electrons. The predicted molar refractivity (Wildman–Crippen MR) is 43.1 cm³/mol. The van der Waals surface area contributed by atoms with Gasteiger partial charge in [-0.2, -0.15) is 0 Å². The molecule has 1 heterocycles. The molecule has 0 unspecified atom stereocenters. The molecule has 2 rings (SSSR count). The highest BCUT2D eigenvalue weighted by Crippen LogP contribution is 2.30. The first-order valence-corrected chi connectivity index (χ1v) is 3.90. The van der Waals surface area contributed by atoms with Crippen molar-refractivity contribution in [3.8, 4) is 0 Å². The van der Waals surface area contributed by atoms with Gasteiger partial charge in [-0.15, -0.1) is 0 Å². The Morgan fingerprint density at radius 3 is 2.67 bits per heavy atom. The van der Waals surface area contributed by atoms with Crippen LogP contribution in [-0.2, 0) is 0 Å². The van der Waals surface area contributed by atoms with Gasteiger partial charge in [-0.3, -0.25) is 9.15 Å². The largest absolute Gasteiger partial charge is 0.478 e. The molecule has 0 bridgehead atoms. The first kappa shape index (κ1) is 7.42. The van der Waals surface area contributed by atoms with Crippen molar-refractivity contribution >= 4 is 33.1 Å². The lowest BCUT2D eigenvalue weighted by molar-refractivity contribution is 0.0574. The molecule has 12 heavy (non-hydrogen) atoms. The van der Waals surface area contributed by atoms with Crippen LogP contribution in [-0.4, -0.2) is 11.1 Å². The number of hydrogen-bond donors (Lipinski definition) is 1. The standard InChI is InChI=1S/C7H3BrO4/c8-5-3(7(9)10)1-2-4-6(5)12-11-4/h1-2H,(H,9,10). The van der Waals surface area contributed by atoms with E-state index in [1.807, 2.05) is 0 Å². The minimum Gasteiger partial charge on any atom is -0.478 e. The second-order valence-corrected chi connectivity index (χ2v) is 3.02. The molecule has 0 saturated heterocycles. The van der Waals surface area contributed by atoms with Crippen molar-refractivity contribution in [3.63, 3.8) is 0 Å². The molecule has 0 aliphatic rings. The molecule has 0 spiro atoms. The van der Waals surface area contributed by atoms with E-state index < -0.39 is 5.97 Å². The number of hydrogen-bond acceptors (Lipinski definition) is 3. The Morgan fingerprint density at radius 1 is 1.42 bits per heavy atom. The van der Waals surface area contributed by atoms with Gasteiger partial charge in [-0.05, 0) is 28.1 Å². The quantitative estimate of drug-likeness (QED) is 0.765. The molecule has 0 fully saturated rings. The van der Waals surface area contributed by atoms with E-state index in [9.17, 15) is 4.79 Å². The summed E-state index contributed by atoms with van der Waals surface area (Å²) in [6.07, 6.45) is 0. The van der Waals surface area contributed by atoms with Gasteiger partial charge in [0.05, 0.1) is 10.0 Å². The van der Waals surface area contributed by atoms with Gasteiger partial charge in [0.25, 0.3) is 0 Å². The summed E-state index contributed by atoms with van der Waals surface area (Å²) < 4.78 is 9.57. The fraction of sp³-hybridized carbons (Fsp3) is 0. The number of benzene rings is 1. The second kappa shape index (κ2) is 2.38. The van der Waals surface area contributed by atoms with E-state index in [-0.39, 0.29) is 5.56 Å². The van der Waals surface area contributed by atoms with E-state index in [2.05, 4.69) is 25.1 Å². The van der Waals surface area contributed by atoms with Crippen molar-refractivity contribution in [2.75, 3.05) is 0 Å². The van der Waals surface area contributed by atoms with Crippen LogP contribution in [0.2, 0.25) is 0 Å². The van der Waals surface area contributed by atoms with E-state index in [1.54, 1.807) is 6.07 Å². The molecule has 0 amide bonds. The summed E-state index contributed by atoms with van der Waals surface area (Å²) in [7, 11) is 0. The minimum absolute atomic E-state index is 0.164. The van der Waals surface area contributed by atoms with Crippen molar-refractivity contribution in [1.29, 1.82) is 0 Å². The van der Waals surface area contributed by atoms with Gasteiger partial charge < -0.3 is 5.11 Å². The molecule has 0 saturated carbocycles. The molecule has 5 heteroatoms. The van der Waals surface area contributed by atoms with E-state index in [0.29, 0.717) is 15.6 Å². The Bertz CT molecular complexity index is 439. The molecular weight excluding hydrogens is 228 g/mol. The van der Waals surface area contributed by atoms with Crippen LogP contribution in [0.5, 0.6) is 0 Å². The van der Waals surface area contributed by atoms with Gasteiger partial charge in [-0.25, -0.2) is 4.79 Å². The van der Waals surface area contributed by atoms with Crippen molar-refractivity contribution in [2.45, 2.75) is 0 Å². The minimum atomic E-state index is -1.000. The average molecular weight is 231 g/mol. The van der Waals surface area contributed by atoms with Gasteiger partial charge in [-0.1, -0.05) is 0 Å². The lowest BCUT2D eigenvalue weighted by atomic mass is 10.2. The summed E-state index contributed by atoms with van der Waals surface area (Å²) in [5.74, 6) is -1.000. The molecule has 0 aliphatic carbocycles. The number of carboxylic acids is 1. The number of fused-ring (bicyclic) bond motifs is 1. The number of halogens is 1. The van der Waals surface area contributed by atoms with Crippen LogP contribution in [0.15, 0.2) is 25.8 Å². The normalized spacial score (nSPS) is 10.8. The molecular formula is C7H3BrO4. The topological polar surface area (TPSA) is 63.6 Å². The third-order valence-corrected chi connectivity index (χ3v) is 2.29. The first-order chi connectivity index (χ1) is 5.70. The molecule has 0 aliphatic heterocycles. The van der Waals surface area contributed by atoms with Gasteiger partial charge in [0, 0.05) is 0 Å². The molecule has 1 aromatic heterocycles. The Balaban J connectivity index is 2.72. The highest BCUT2D eigenvalue weighted by Gasteiger charge is 2.16. The monoisotopic (exact) mass is 230 g/mol. The Hall–Kier alpha value is -1.23. The molecule has 0 atom stereocenters. The maximum absolute atomic E-state index is 10.6. The van der Waals surface area contributed by atoms with Gasteiger partial charge in [0.2, 0.25) is 11.2 Å². The number of aromatic carboxylic acids is 1. The highest BCUT2D eigenvalue weighted by atomic mass is 79.9. The lowest BCUT2D eigenvalue weighted by Gasteiger charge is -2.02. The maximum atomic E-state index is 10.6. The first-order valence-electron chi connectivity index (χ1n) is 3.10. The van der Waals surface area contributed by atoms with Crippen LogP contribution in [0, 0.1) is 0 Å². The molecule has 2 aromatic rings. The fourth-order valence-electron chi connectivity index (χ4n) is 0.899. The summed E-state index contributed by atoms with van der Waals surface area (Å²) in [5.41, 5.74) is 1.15. The lowest BCUT2D eigenvalue weighted by Crippen LogP contribution is -1.98. The van der Waals surface area contributed by atoms with Crippen LogP contribution in [0.3, 0.4) is 0 Å². The third-order valence-electron chi connectivity index (χ3n) is 1.51. The zero-order valence-electron chi connectivity index (χ0n) is 5.70. The van der Waals surface area contributed by atoms with Crippen molar-refractivity contribution in [3.05, 3.63) is 22.2 Å². The van der Waals surface area contributed by atoms with Crippen molar-refractivity contribution in [1.82, 2.24) is 0 Å². The molecule has 4 nitrogen and oxygen atoms in total. The maximum Gasteiger partial charge on any atom is 0.336 e. The van der Waals surface area contributed by atoms with Gasteiger partial charge in [0.15, 0.2) is 0 Å². The third kappa shape index (κ3) is 0.863. The zero-order valence-corrected chi connectivity index (χ0v) is 7.29. The van der Waals surface area contributed by atoms with Crippen LogP contribution in [0.4, 0.5) is 0 Å². The zero-order chi connectivity index (χ0) is 8.72. The average Bonchev–Trinajstić information content (AvgIpc) is 1.92. The van der Waals surface area contributed by atoms with Crippen molar-refractivity contribution < 1.29 is 19.1 Å². The van der Waals surface area contributed by atoms with Crippen molar-refractivity contribution in [2.24, 2.45) is 0 Å². The summed E-state index contributed by atoms with van der Waals surface area (Å²) in [4.78, 5) is 10.6. The van der Waals surface area contributed by atoms with E-state index in [1.165, 1.54) is 6.07 Å². The van der Waals surface area contributed by atoms with Crippen LogP contribution < -0.4 is 0 Å². The van der Waals surface area contributed by atoms with Gasteiger partial charge >= 0.3 is 5.97 Å². The molecule has 1 N–H and O–H groups in total. The predicted octanol–water partition coefficient (Wildman–Crippen LogP) is 2.49. The van der Waals surface area contributed by atoms with Crippen LogP contribution in [0.25, 0.3) is 11.2 Å². The second-order valence-electron chi connectivity index (χ2n) is 2.23. The van der Waals surface area contributed by atoms with Crippen LogP contribution >= 0.6 is 15.9 Å².